The lowest BCUT2D eigenvalue weighted by atomic mass is 10.1. The Balaban J connectivity index is 1.55. The van der Waals surface area contributed by atoms with Gasteiger partial charge in [0, 0.05) is 12.1 Å². The minimum atomic E-state index is 0.0262. The Morgan fingerprint density at radius 3 is 2.50 bits per heavy atom. The van der Waals surface area contributed by atoms with Gasteiger partial charge in [-0.3, -0.25) is 4.79 Å². The largest absolute Gasteiger partial charge is 0.497 e. The minimum absolute atomic E-state index is 0.0262. The number of hydrogen-bond acceptors (Lipinski definition) is 3. The zero-order chi connectivity index (χ0) is 18.2. The Hall–Kier alpha value is -2.63. The Morgan fingerprint density at radius 2 is 1.85 bits per heavy atom. The van der Waals surface area contributed by atoms with Gasteiger partial charge < -0.3 is 15.4 Å². The molecule has 1 aromatic heterocycles. The number of thiophene rings is 1. The fourth-order valence-corrected chi connectivity index (χ4v) is 3.64. The molecule has 0 aliphatic heterocycles. The van der Waals surface area contributed by atoms with Gasteiger partial charge in [0.15, 0.2) is 6.54 Å². The third kappa shape index (κ3) is 4.94. The molecule has 0 fully saturated rings. The average Bonchev–Trinajstić information content (AvgIpc) is 3.22. The molecule has 3 N–H and O–H groups in total. The lowest BCUT2D eigenvalue weighted by Gasteiger charge is -2.14. The minimum Gasteiger partial charge on any atom is -0.497 e. The molecule has 1 atom stereocenters. The van der Waals surface area contributed by atoms with Gasteiger partial charge in [0.2, 0.25) is 0 Å². The number of ether oxygens (including phenoxy) is 1. The van der Waals surface area contributed by atoms with Crippen LogP contribution < -0.4 is 15.4 Å². The molecule has 0 spiro atoms. The Bertz CT molecular complexity index is 802. The van der Waals surface area contributed by atoms with Gasteiger partial charge in [-0.1, -0.05) is 48.5 Å². The van der Waals surface area contributed by atoms with Gasteiger partial charge in [0.05, 0.1) is 12.0 Å². The second-order valence-corrected chi connectivity index (χ2v) is 6.95. The SMILES string of the molecule is COc1ccc(CNC(=O)C[NH2+][C@H](c2ccccc2)c2cccs2)cc1. The molecule has 0 unspecified atom stereocenters. The second kappa shape index (κ2) is 9.17. The molecular weight excluding hydrogens is 344 g/mol. The first-order valence-corrected chi connectivity index (χ1v) is 9.45. The van der Waals surface area contributed by atoms with E-state index in [2.05, 4.69) is 34.2 Å². The molecule has 0 bridgehead atoms. The van der Waals surface area contributed by atoms with Crippen molar-refractivity contribution >= 4 is 17.2 Å². The Morgan fingerprint density at radius 1 is 1.08 bits per heavy atom. The van der Waals surface area contributed by atoms with Crippen LogP contribution >= 0.6 is 11.3 Å². The van der Waals surface area contributed by atoms with E-state index >= 15 is 0 Å². The van der Waals surface area contributed by atoms with Crippen LogP contribution in [0.5, 0.6) is 5.75 Å². The molecule has 0 saturated heterocycles. The summed E-state index contributed by atoms with van der Waals surface area (Å²) in [6, 6.07) is 22.3. The number of quaternary nitrogens is 1. The van der Waals surface area contributed by atoms with Crippen molar-refractivity contribution in [3.05, 3.63) is 88.1 Å². The molecular formula is C21H23N2O2S+. The van der Waals surface area contributed by atoms with Crippen LogP contribution in [0, 0.1) is 0 Å². The number of carbonyl (C=O) groups excluding carboxylic acids is 1. The lowest BCUT2D eigenvalue weighted by molar-refractivity contribution is -0.676. The van der Waals surface area contributed by atoms with Crippen LogP contribution in [0.4, 0.5) is 0 Å². The first kappa shape index (κ1) is 18.2. The third-order valence-corrected chi connectivity index (χ3v) is 5.15. The van der Waals surface area contributed by atoms with Crippen molar-refractivity contribution in [3.8, 4) is 5.75 Å². The van der Waals surface area contributed by atoms with Crippen molar-refractivity contribution in [2.24, 2.45) is 0 Å². The molecule has 0 radical (unpaired) electrons. The van der Waals surface area contributed by atoms with Crippen molar-refractivity contribution in [1.82, 2.24) is 5.32 Å². The van der Waals surface area contributed by atoms with Gasteiger partial charge in [0.1, 0.15) is 11.8 Å². The number of methoxy groups -OCH3 is 1. The average molecular weight is 367 g/mol. The highest BCUT2D eigenvalue weighted by atomic mass is 32.1. The molecule has 0 aliphatic carbocycles. The first-order chi connectivity index (χ1) is 12.8. The molecule has 3 rings (SSSR count). The fourth-order valence-electron chi connectivity index (χ4n) is 2.79. The number of amides is 1. The summed E-state index contributed by atoms with van der Waals surface area (Å²) in [5.74, 6) is 0.841. The second-order valence-electron chi connectivity index (χ2n) is 5.97. The van der Waals surface area contributed by atoms with Gasteiger partial charge in [-0.25, -0.2) is 0 Å². The number of carbonyl (C=O) groups is 1. The molecule has 0 saturated carbocycles. The number of rotatable bonds is 8. The predicted octanol–water partition coefficient (Wildman–Crippen LogP) is 2.73. The van der Waals surface area contributed by atoms with Crippen molar-refractivity contribution in [2.75, 3.05) is 13.7 Å². The van der Waals surface area contributed by atoms with Crippen molar-refractivity contribution in [2.45, 2.75) is 12.6 Å². The summed E-state index contributed by atoms with van der Waals surface area (Å²) in [6.07, 6.45) is 0. The number of benzene rings is 2. The monoisotopic (exact) mass is 367 g/mol. The summed E-state index contributed by atoms with van der Waals surface area (Å²) >= 11 is 1.72. The normalized spacial score (nSPS) is 11.7. The van der Waals surface area contributed by atoms with Crippen LogP contribution in [0.2, 0.25) is 0 Å². The Kier molecular flexibility index (Phi) is 6.41. The zero-order valence-corrected chi connectivity index (χ0v) is 15.5. The maximum absolute atomic E-state index is 12.3. The van der Waals surface area contributed by atoms with Gasteiger partial charge >= 0.3 is 0 Å². The summed E-state index contributed by atoms with van der Waals surface area (Å²) in [5, 5.41) is 7.14. The van der Waals surface area contributed by atoms with Gasteiger partial charge in [-0.05, 0) is 29.1 Å². The van der Waals surface area contributed by atoms with Crippen LogP contribution in [-0.2, 0) is 11.3 Å². The highest BCUT2D eigenvalue weighted by Crippen LogP contribution is 2.22. The quantitative estimate of drug-likeness (QED) is 0.643. The van der Waals surface area contributed by atoms with E-state index < -0.39 is 0 Å². The smallest absolute Gasteiger partial charge is 0.275 e. The van der Waals surface area contributed by atoms with E-state index in [1.807, 2.05) is 48.5 Å². The molecule has 0 aliphatic rings. The summed E-state index contributed by atoms with van der Waals surface area (Å²) in [4.78, 5) is 13.5. The standard InChI is InChI=1S/C21H22N2O2S/c1-25-18-11-9-16(10-12-18)14-22-20(24)15-23-21(19-8-5-13-26-19)17-6-3-2-4-7-17/h2-13,21,23H,14-15H2,1H3,(H,22,24)/p+1/t21-/m1/s1. The maximum Gasteiger partial charge on any atom is 0.275 e. The van der Waals surface area contributed by atoms with Gasteiger partial charge in [-0.2, -0.15) is 0 Å². The van der Waals surface area contributed by atoms with Gasteiger partial charge in [-0.15, -0.1) is 11.3 Å². The molecule has 5 heteroatoms. The summed E-state index contributed by atoms with van der Waals surface area (Å²) in [5.41, 5.74) is 2.26. The van der Waals surface area contributed by atoms with E-state index in [0.717, 1.165) is 11.3 Å². The molecule has 134 valence electrons. The number of nitrogens with one attached hydrogen (secondary N) is 1. The van der Waals surface area contributed by atoms with Crippen LogP contribution in [0.3, 0.4) is 0 Å². The third-order valence-electron chi connectivity index (χ3n) is 4.20. The highest BCUT2D eigenvalue weighted by Gasteiger charge is 2.19. The van der Waals surface area contributed by atoms with Crippen LogP contribution in [0.1, 0.15) is 22.0 Å². The fraction of sp³-hybridized carbons (Fsp3) is 0.190. The molecule has 26 heavy (non-hydrogen) atoms. The van der Waals surface area contributed by atoms with E-state index in [0.29, 0.717) is 13.1 Å². The lowest BCUT2D eigenvalue weighted by Crippen LogP contribution is -2.87. The molecule has 4 nitrogen and oxygen atoms in total. The van der Waals surface area contributed by atoms with E-state index in [9.17, 15) is 4.79 Å². The van der Waals surface area contributed by atoms with E-state index in [-0.39, 0.29) is 11.9 Å². The summed E-state index contributed by atoms with van der Waals surface area (Å²) in [7, 11) is 1.64. The highest BCUT2D eigenvalue weighted by molar-refractivity contribution is 7.10. The van der Waals surface area contributed by atoms with E-state index in [1.54, 1.807) is 18.4 Å². The first-order valence-electron chi connectivity index (χ1n) is 8.57. The van der Waals surface area contributed by atoms with E-state index in [1.165, 1.54) is 10.4 Å². The number of nitrogens with two attached hydrogens (primary N) is 1. The van der Waals surface area contributed by atoms with Crippen molar-refractivity contribution in [3.63, 3.8) is 0 Å². The van der Waals surface area contributed by atoms with Crippen molar-refractivity contribution in [1.29, 1.82) is 0 Å². The molecule has 3 aromatic rings. The zero-order valence-electron chi connectivity index (χ0n) is 14.7. The summed E-state index contributed by atoms with van der Waals surface area (Å²) in [6.45, 7) is 0.902. The maximum atomic E-state index is 12.3. The molecule has 1 amide bonds. The molecule has 1 heterocycles. The summed E-state index contributed by atoms with van der Waals surface area (Å²) < 4.78 is 5.15. The topological polar surface area (TPSA) is 54.9 Å². The van der Waals surface area contributed by atoms with Crippen LogP contribution in [0.15, 0.2) is 72.1 Å². The number of hydrogen-bond donors (Lipinski definition) is 2. The predicted molar refractivity (Wildman–Crippen MR) is 104 cm³/mol. The van der Waals surface area contributed by atoms with Crippen LogP contribution in [0.25, 0.3) is 0 Å². The molecule has 2 aromatic carbocycles. The van der Waals surface area contributed by atoms with Crippen LogP contribution in [-0.4, -0.2) is 19.6 Å². The Labute approximate surface area is 157 Å². The van der Waals surface area contributed by atoms with E-state index in [4.69, 9.17) is 4.74 Å². The van der Waals surface area contributed by atoms with Gasteiger partial charge in [0.25, 0.3) is 5.91 Å². The van der Waals surface area contributed by atoms with Crippen molar-refractivity contribution < 1.29 is 14.8 Å².